The van der Waals surface area contributed by atoms with E-state index in [2.05, 4.69) is 23.7 Å². The summed E-state index contributed by atoms with van der Waals surface area (Å²) in [5.74, 6) is 0.643. The minimum Gasteiger partial charge on any atom is -0.372 e. The van der Waals surface area contributed by atoms with Crippen LogP contribution in [0.3, 0.4) is 0 Å². The van der Waals surface area contributed by atoms with Crippen LogP contribution in [0.25, 0.3) is 0 Å². The average molecular weight is 185 g/mol. The largest absolute Gasteiger partial charge is 0.372 e. The van der Waals surface area contributed by atoms with Gasteiger partial charge < -0.3 is 15.4 Å². The standard InChI is InChI=1S/C9H19N3O/c1-4-11-9(10)12-5-7(2)13-8(3)6-12/h7-8H,4-6H2,1-3H3,(H2,10,11). The van der Waals surface area contributed by atoms with Gasteiger partial charge in [0, 0.05) is 19.6 Å². The number of nitrogens with two attached hydrogens (primary N) is 1. The Hall–Kier alpha value is -0.770. The number of nitrogens with zero attached hydrogens (tertiary/aromatic N) is 2. The molecule has 0 bridgehead atoms. The van der Waals surface area contributed by atoms with E-state index in [0.717, 1.165) is 19.6 Å². The van der Waals surface area contributed by atoms with Crippen LogP contribution in [0, 0.1) is 0 Å². The van der Waals surface area contributed by atoms with Crippen molar-refractivity contribution in [2.75, 3.05) is 19.6 Å². The number of guanidine groups is 1. The van der Waals surface area contributed by atoms with E-state index in [1.165, 1.54) is 0 Å². The molecule has 4 nitrogen and oxygen atoms in total. The maximum absolute atomic E-state index is 5.80. The van der Waals surface area contributed by atoms with Gasteiger partial charge in [0.2, 0.25) is 0 Å². The van der Waals surface area contributed by atoms with Crippen LogP contribution < -0.4 is 5.73 Å². The van der Waals surface area contributed by atoms with Crippen LogP contribution in [0.15, 0.2) is 4.99 Å². The fraction of sp³-hybridized carbons (Fsp3) is 0.889. The van der Waals surface area contributed by atoms with Crippen LogP contribution in [-0.4, -0.2) is 42.7 Å². The number of hydrogen-bond donors (Lipinski definition) is 1. The maximum Gasteiger partial charge on any atom is 0.191 e. The quantitative estimate of drug-likeness (QED) is 0.476. The molecule has 13 heavy (non-hydrogen) atoms. The van der Waals surface area contributed by atoms with E-state index in [9.17, 15) is 0 Å². The summed E-state index contributed by atoms with van der Waals surface area (Å²) in [6.45, 7) is 8.54. The molecule has 0 aromatic rings. The summed E-state index contributed by atoms with van der Waals surface area (Å²) < 4.78 is 5.59. The highest BCUT2D eigenvalue weighted by atomic mass is 16.5. The highest BCUT2D eigenvalue weighted by molar-refractivity contribution is 5.78. The van der Waals surface area contributed by atoms with Gasteiger partial charge in [-0.3, -0.25) is 4.99 Å². The number of ether oxygens (including phenoxy) is 1. The molecule has 1 saturated heterocycles. The summed E-state index contributed by atoms with van der Waals surface area (Å²) >= 11 is 0. The maximum atomic E-state index is 5.80. The summed E-state index contributed by atoms with van der Waals surface area (Å²) in [6, 6.07) is 0. The number of hydrogen-bond acceptors (Lipinski definition) is 2. The van der Waals surface area contributed by atoms with Crippen molar-refractivity contribution in [1.29, 1.82) is 0 Å². The number of morpholine rings is 1. The molecule has 1 aliphatic heterocycles. The first kappa shape index (κ1) is 10.3. The van der Waals surface area contributed by atoms with Crippen LogP contribution >= 0.6 is 0 Å². The van der Waals surface area contributed by atoms with Gasteiger partial charge in [-0.15, -0.1) is 0 Å². The van der Waals surface area contributed by atoms with Gasteiger partial charge in [0.15, 0.2) is 5.96 Å². The number of aliphatic imine (C=N–C) groups is 1. The van der Waals surface area contributed by atoms with Gasteiger partial charge in [-0.1, -0.05) is 0 Å². The van der Waals surface area contributed by atoms with Crippen molar-refractivity contribution in [1.82, 2.24) is 4.90 Å². The molecule has 4 heteroatoms. The lowest BCUT2D eigenvalue weighted by molar-refractivity contribution is -0.0484. The summed E-state index contributed by atoms with van der Waals surface area (Å²) in [5, 5.41) is 0. The second kappa shape index (κ2) is 4.46. The van der Waals surface area contributed by atoms with Gasteiger partial charge in [0.05, 0.1) is 12.2 Å². The van der Waals surface area contributed by atoms with Crippen molar-refractivity contribution in [2.24, 2.45) is 10.7 Å². The zero-order chi connectivity index (χ0) is 9.84. The minimum absolute atomic E-state index is 0.245. The molecular formula is C9H19N3O. The van der Waals surface area contributed by atoms with Crippen LogP contribution in [0.5, 0.6) is 0 Å². The van der Waals surface area contributed by atoms with Gasteiger partial charge in [-0.05, 0) is 20.8 Å². The Labute approximate surface area is 79.8 Å². The molecule has 1 rings (SSSR count). The van der Waals surface area contributed by atoms with Gasteiger partial charge in [0.25, 0.3) is 0 Å². The molecular weight excluding hydrogens is 166 g/mol. The van der Waals surface area contributed by atoms with E-state index in [1.54, 1.807) is 0 Å². The van der Waals surface area contributed by atoms with Crippen molar-refractivity contribution >= 4 is 5.96 Å². The Morgan fingerprint density at radius 2 is 2.00 bits per heavy atom. The number of rotatable bonds is 1. The molecule has 2 unspecified atom stereocenters. The van der Waals surface area contributed by atoms with Crippen LogP contribution in [0.2, 0.25) is 0 Å². The molecule has 1 fully saturated rings. The van der Waals surface area contributed by atoms with Gasteiger partial charge in [0.1, 0.15) is 0 Å². The molecule has 2 N–H and O–H groups in total. The van der Waals surface area contributed by atoms with Crippen LogP contribution in [0.4, 0.5) is 0 Å². The average Bonchev–Trinajstić information content (AvgIpc) is 2.03. The molecule has 0 aliphatic carbocycles. The Morgan fingerprint density at radius 3 is 2.46 bits per heavy atom. The lowest BCUT2D eigenvalue weighted by atomic mass is 10.2. The summed E-state index contributed by atoms with van der Waals surface area (Å²) in [4.78, 5) is 6.27. The summed E-state index contributed by atoms with van der Waals surface area (Å²) in [5.41, 5.74) is 5.80. The second-order valence-electron chi connectivity index (χ2n) is 3.49. The van der Waals surface area contributed by atoms with E-state index in [0.29, 0.717) is 5.96 Å². The molecule has 2 atom stereocenters. The lowest BCUT2D eigenvalue weighted by Crippen LogP contribution is -2.50. The fourth-order valence-corrected chi connectivity index (χ4v) is 1.63. The van der Waals surface area contributed by atoms with Crippen LogP contribution in [0.1, 0.15) is 20.8 Å². The van der Waals surface area contributed by atoms with Gasteiger partial charge >= 0.3 is 0 Å². The molecule has 0 spiro atoms. The molecule has 0 aromatic carbocycles. The van der Waals surface area contributed by atoms with E-state index in [4.69, 9.17) is 10.5 Å². The Balaban J connectivity index is 2.54. The molecule has 0 radical (unpaired) electrons. The first-order valence-electron chi connectivity index (χ1n) is 4.83. The SMILES string of the molecule is CCN=C(N)N1CC(C)OC(C)C1. The zero-order valence-corrected chi connectivity index (χ0v) is 8.66. The summed E-state index contributed by atoms with van der Waals surface area (Å²) in [7, 11) is 0. The van der Waals surface area contributed by atoms with Crippen molar-refractivity contribution in [3.05, 3.63) is 0 Å². The monoisotopic (exact) mass is 185 g/mol. The Bertz CT molecular complexity index is 183. The van der Waals surface area contributed by atoms with Gasteiger partial charge in [-0.25, -0.2) is 0 Å². The molecule has 1 aliphatic rings. The van der Waals surface area contributed by atoms with E-state index in [-0.39, 0.29) is 12.2 Å². The lowest BCUT2D eigenvalue weighted by Gasteiger charge is -2.35. The van der Waals surface area contributed by atoms with Crippen molar-refractivity contribution < 1.29 is 4.74 Å². The zero-order valence-electron chi connectivity index (χ0n) is 8.66. The Morgan fingerprint density at radius 1 is 1.46 bits per heavy atom. The first-order valence-corrected chi connectivity index (χ1v) is 4.83. The molecule has 76 valence electrons. The van der Waals surface area contributed by atoms with Crippen molar-refractivity contribution in [3.8, 4) is 0 Å². The highest BCUT2D eigenvalue weighted by Gasteiger charge is 2.22. The molecule has 1 heterocycles. The van der Waals surface area contributed by atoms with Crippen LogP contribution in [-0.2, 0) is 4.74 Å². The second-order valence-corrected chi connectivity index (χ2v) is 3.49. The van der Waals surface area contributed by atoms with Gasteiger partial charge in [-0.2, -0.15) is 0 Å². The minimum atomic E-state index is 0.245. The topological polar surface area (TPSA) is 50.8 Å². The van der Waals surface area contributed by atoms with E-state index in [1.807, 2.05) is 6.92 Å². The predicted molar refractivity (Wildman–Crippen MR) is 53.7 cm³/mol. The van der Waals surface area contributed by atoms with Crippen molar-refractivity contribution in [2.45, 2.75) is 33.0 Å². The van der Waals surface area contributed by atoms with E-state index >= 15 is 0 Å². The van der Waals surface area contributed by atoms with Crippen molar-refractivity contribution in [3.63, 3.8) is 0 Å². The predicted octanol–water partition coefficient (Wildman–Crippen LogP) is 0.430. The smallest absolute Gasteiger partial charge is 0.191 e. The normalized spacial score (nSPS) is 30.7. The molecule has 0 saturated carbocycles. The highest BCUT2D eigenvalue weighted by Crippen LogP contribution is 2.09. The third kappa shape index (κ3) is 2.88. The molecule has 0 amide bonds. The Kier molecular flexibility index (Phi) is 3.54. The third-order valence-electron chi connectivity index (χ3n) is 2.06. The van der Waals surface area contributed by atoms with E-state index < -0.39 is 0 Å². The first-order chi connectivity index (χ1) is 6.13. The summed E-state index contributed by atoms with van der Waals surface area (Å²) in [6.07, 6.45) is 0.490. The third-order valence-corrected chi connectivity index (χ3v) is 2.06. The molecule has 0 aromatic heterocycles. The fourth-order valence-electron chi connectivity index (χ4n) is 1.63.